The number of carbonyl (C=O) groups is 9. The third kappa shape index (κ3) is 16.0. The Hall–Kier alpha value is -6.22. The molecule has 8 N–H and O–H groups in total. The van der Waals surface area contributed by atoms with Gasteiger partial charge in [0.25, 0.3) is 0 Å². The molecule has 2 aliphatic rings. The monoisotopic (exact) mass is 930 g/mol. The van der Waals surface area contributed by atoms with E-state index in [1.54, 1.807) is 48.5 Å². The number of carbonyl (C=O) groups excluding carboxylic acids is 9. The van der Waals surface area contributed by atoms with E-state index in [4.69, 9.17) is 5.73 Å². The van der Waals surface area contributed by atoms with Gasteiger partial charge in [-0.15, -0.1) is 0 Å². The highest BCUT2D eigenvalue weighted by Gasteiger charge is 2.41. The van der Waals surface area contributed by atoms with Gasteiger partial charge in [-0.3, -0.25) is 38.4 Å². The van der Waals surface area contributed by atoms with E-state index in [2.05, 4.69) is 31.4 Å². The quantitative estimate of drug-likeness (QED) is 0.0599. The summed E-state index contributed by atoms with van der Waals surface area (Å²) in [5.41, 5.74) is 9.51. The molecule has 1 saturated heterocycles. The molecule has 1 aliphatic heterocycles. The fourth-order valence-corrected chi connectivity index (χ4v) is 7.14. The molecule has 21 heteroatoms. The van der Waals surface area contributed by atoms with Gasteiger partial charge in [0, 0.05) is 41.9 Å². The lowest BCUT2D eigenvalue weighted by Crippen LogP contribution is -2.57. The zero-order chi connectivity index (χ0) is 49.1. The second-order valence-corrected chi connectivity index (χ2v) is 16.3. The van der Waals surface area contributed by atoms with Crippen LogP contribution in [0.5, 0.6) is 0 Å². The number of hydrogen-bond donors (Lipinski definition) is 7. The van der Waals surface area contributed by atoms with Crippen LogP contribution >= 0.6 is 0 Å². The van der Waals surface area contributed by atoms with E-state index < -0.39 is 84.3 Å². The molecule has 0 bridgehead atoms. The smallest absolute Gasteiger partial charge is 0.364 e. The number of hydroxylamine groups is 1. The van der Waals surface area contributed by atoms with Crippen LogP contribution in [-0.4, -0.2) is 120 Å². The van der Waals surface area contributed by atoms with Crippen molar-refractivity contribution in [2.24, 2.45) is 11.7 Å². The number of nitrogens with two attached hydrogens (primary N) is 1. The summed E-state index contributed by atoms with van der Waals surface area (Å²) in [5.74, 6) is -5.87. The molecule has 0 aromatic heterocycles. The lowest BCUT2D eigenvalue weighted by Gasteiger charge is -2.29. The number of rotatable bonds is 21. The molecule has 0 radical (unpaired) electrons. The van der Waals surface area contributed by atoms with Gasteiger partial charge in [0.15, 0.2) is 11.6 Å². The van der Waals surface area contributed by atoms with Crippen molar-refractivity contribution in [1.29, 1.82) is 0 Å². The van der Waals surface area contributed by atoms with E-state index in [0.29, 0.717) is 54.4 Å². The minimum absolute atomic E-state index is 0.0278. The number of nitrogens with zero attached hydrogens (tertiary/aromatic N) is 1. The molecule has 1 fully saturated rings. The van der Waals surface area contributed by atoms with Crippen LogP contribution in [0.3, 0.4) is 0 Å². The van der Waals surface area contributed by atoms with E-state index in [9.17, 15) is 56.3 Å². The molecule has 0 saturated carbocycles. The van der Waals surface area contributed by atoms with Crippen molar-refractivity contribution in [3.63, 3.8) is 0 Å². The fourth-order valence-electron chi connectivity index (χ4n) is 7.14. The molecule has 0 spiro atoms. The summed E-state index contributed by atoms with van der Waals surface area (Å²) in [5, 5.41) is 13.0. The summed E-state index contributed by atoms with van der Waals surface area (Å²) in [6.07, 6.45) is -2.20. The standard InChI is InChI=1S/C31H53F3N8O8.C14H8O2/c1-6-10-20(41-27(46)21(11-7-2)40-25(44)19(5)35)26(45)37-17-24(43)39-22(16-18(3)4)29(48)42-15-8-12-23(42)28(47)36-13-9-14-38-50-30(49)31(32,33)34;15-13-9-5-1-2-6-10(9)14(16)12-8-4-3-7-11(12)13/h18-23,38H,6-17,35H2,1-5H3,(H,36,47)(H,37,45)(H,39,43)(H,40,44)(H,41,46);1-8H/t19-,20-,21-,22-,23-;/m0./s1. The molecular formula is C45H61F3N8O10. The lowest BCUT2D eigenvalue weighted by atomic mass is 9.84. The number of likely N-dealkylation sites (tertiary alicyclic amines) is 1. The van der Waals surface area contributed by atoms with Gasteiger partial charge in [-0.25, -0.2) is 4.79 Å². The first-order chi connectivity index (χ1) is 31.2. The second-order valence-electron chi connectivity index (χ2n) is 16.3. The number of fused-ring (bicyclic) bond motifs is 2. The second kappa shape index (κ2) is 26.1. The predicted octanol–water partition coefficient (Wildman–Crippen LogP) is 2.12. The Morgan fingerprint density at radius 3 is 1.74 bits per heavy atom. The van der Waals surface area contributed by atoms with Crippen molar-refractivity contribution >= 4 is 53.0 Å². The Balaban J connectivity index is 0.000000592. The van der Waals surface area contributed by atoms with Crippen molar-refractivity contribution in [2.45, 2.75) is 122 Å². The number of hydrogen-bond acceptors (Lipinski definition) is 12. The molecule has 0 unspecified atom stereocenters. The molecule has 6 amide bonds. The highest BCUT2D eigenvalue weighted by molar-refractivity contribution is 6.28. The van der Waals surface area contributed by atoms with E-state index in [-0.39, 0.29) is 56.4 Å². The Labute approximate surface area is 381 Å². The van der Waals surface area contributed by atoms with Gasteiger partial charge >= 0.3 is 12.1 Å². The molecule has 4 rings (SSSR count). The summed E-state index contributed by atoms with van der Waals surface area (Å²) in [7, 11) is 0. The maximum Gasteiger partial charge on any atom is 0.492 e. The minimum atomic E-state index is -5.14. The van der Waals surface area contributed by atoms with Gasteiger partial charge in [-0.2, -0.15) is 18.7 Å². The van der Waals surface area contributed by atoms with Crippen molar-refractivity contribution in [2.75, 3.05) is 26.2 Å². The number of halogens is 3. The Bertz CT molecular complexity index is 1960. The van der Waals surface area contributed by atoms with Gasteiger partial charge < -0.3 is 42.1 Å². The topological polar surface area (TPSA) is 264 Å². The highest BCUT2D eigenvalue weighted by atomic mass is 19.4. The number of amides is 6. The van der Waals surface area contributed by atoms with E-state index >= 15 is 0 Å². The SMILES string of the molecule is CCC[C@H](NC(=O)[C@H](C)N)C(=O)N[C@@H](CCC)C(=O)NCC(=O)N[C@@H](CC(C)C)C(=O)N1CCC[C@H]1C(=O)NCCCNOC(=O)C(F)(F)F.O=C1c2ccccc2C(=O)c2ccccc21. The van der Waals surface area contributed by atoms with Gasteiger partial charge in [0.1, 0.15) is 24.2 Å². The van der Waals surface area contributed by atoms with Gasteiger partial charge in [-0.1, -0.05) is 89.1 Å². The van der Waals surface area contributed by atoms with Crippen LogP contribution in [-0.2, 0) is 38.4 Å². The summed E-state index contributed by atoms with van der Waals surface area (Å²) >= 11 is 0. The summed E-state index contributed by atoms with van der Waals surface area (Å²) < 4.78 is 36.6. The Kier molecular flexibility index (Phi) is 21.4. The van der Waals surface area contributed by atoms with Gasteiger partial charge in [0.05, 0.1) is 12.6 Å². The number of benzene rings is 2. The zero-order valence-electron chi connectivity index (χ0n) is 37.8. The van der Waals surface area contributed by atoms with Crippen molar-refractivity contribution in [3.05, 3.63) is 70.8 Å². The first-order valence-corrected chi connectivity index (χ1v) is 22.0. The molecule has 2 aromatic carbocycles. The largest absolute Gasteiger partial charge is 0.492 e. The molecule has 2 aromatic rings. The summed E-state index contributed by atoms with van der Waals surface area (Å²) in [6, 6.07) is 9.34. The van der Waals surface area contributed by atoms with Gasteiger partial charge in [-0.05, 0) is 51.4 Å². The Morgan fingerprint density at radius 1 is 0.742 bits per heavy atom. The van der Waals surface area contributed by atoms with Gasteiger partial charge in [0.2, 0.25) is 35.4 Å². The zero-order valence-corrected chi connectivity index (χ0v) is 37.8. The summed E-state index contributed by atoms with van der Waals surface area (Å²) in [6.45, 7) is 8.46. The summed E-state index contributed by atoms with van der Waals surface area (Å²) in [4.78, 5) is 118. The fraction of sp³-hybridized carbons (Fsp3) is 0.533. The number of ketones is 2. The van der Waals surface area contributed by atoms with Crippen LogP contribution in [0.15, 0.2) is 48.5 Å². The third-order valence-electron chi connectivity index (χ3n) is 10.4. The number of alkyl halides is 3. The van der Waals surface area contributed by atoms with Crippen LogP contribution < -0.4 is 37.8 Å². The van der Waals surface area contributed by atoms with E-state index in [0.717, 1.165) is 0 Å². The van der Waals surface area contributed by atoms with Crippen molar-refractivity contribution in [3.8, 4) is 0 Å². The van der Waals surface area contributed by atoms with Crippen molar-refractivity contribution < 1.29 is 61.2 Å². The lowest BCUT2D eigenvalue weighted by molar-refractivity contribution is -0.206. The van der Waals surface area contributed by atoms with E-state index in [1.807, 2.05) is 33.2 Å². The van der Waals surface area contributed by atoms with Crippen LogP contribution in [0.1, 0.15) is 118 Å². The van der Waals surface area contributed by atoms with Crippen LogP contribution in [0, 0.1) is 5.92 Å². The third-order valence-corrected chi connectivity index (χ3v) is 10.4. The maximum absolute atomic E-state index is 13.6. The van der Waals surface area contributed by atoms with Crippen LogP contribution in [0.4, 0.5) is 13.2 Å². The first kappa shape index (κ1) is 54.1. The molecule has 1 heterocycles. The minimum Gasteiger partial charge on any atom is -0.364 e. The molecular weight excluding hydrogens is 870 g/mol. The predicted molar refractivity (Wildman–Crippen MR) is 234 cm³/mol. The average molecular weight is 931 g/mol. The molecule has 18 nitrogen and oxygen atoms in total. The molecule has 362 valence electrons. The maximum atomic E-state index is 13.6. The van der Waals surface area contributed by atoms with Crippen molar-refractivity contribution in [1.82, 2.24) is 37.0 Å². The van der Waals surface area contributed by atoms with E-state index in [1.165, 1.54) is 11.8 Å². The number of nitrogens with one attached hydrogen (secondary N) is 6. The molecule has 5 atom stereocenters. The van der Waals surface area contributed by atoms with Crippen LogP contribution in [0.2, 0.25) is 0 Å². The first-order valence-electron chi connectivity index (χ1n) is 22.0. The average Bonchev–Trinajstić information content (AvgIpc) is 3.77. The molecule has 66 heavy (non-hydrogen) atoms. The van der Waals surface area contributed by atoms with Crippen LogP contribution in [0.25, 0.3) is 0 Å². The normalized spacial score (nSPS) is 16.0. The highest BCUT2D eigenvalue weighted by Crippen LogP contribution is 2.27. The molecule has 1 aliphatic carbocycles. The Morgan fingerprint density at radius 2 is 1.26 bits per heavy atom.